The Morgan fingerprint density at radius 1 is 1.16 bits per heavy atom. The Kier molecular flexibility index (Phi) is 8.11. The van der Waals surface area contributed by atoms with E-state index in [1.165, 1.54) is 23.2 Å². The minimum atomic E-state index is -1.63. The Labute approximate surface area is 218 Å². The number of thioether (sulfide) groups is 1. The van der Waals surface area contributed by atoms with Gasteiger partial charge in [0.1, 0.15) is 35.5 Å². The molecule has 1 amide bonds. The summed E-state index contributed by atoms with van der Waals surface area (Å²) in [6.07, 6.45) is -2.87. The second kappa shape index (κ2) is 11.0. The van der Waals surface area contributed by atoms with Crippen LogP contribution in [0.1, 0.15) is 16.4 Å². The van der Waals surface area contributed by atoms with E-state index in [4.69, 9.17) is 16.3 Å². The number of carbonyl (C=O) groups is 1. The molecule has 1 aromatic heterocycles. The summed E-state index contributed by atoms with van der Waals surface area (Å²) in [6, 6.07) is 4.86. The highest BCUT2D eigenvalue weighted by atomic mass is 35.5. The smallest absolute Gasteiger partial charge is 0.254 e. The lowest BCUT2D eigenvalue weighted by Crippen LogP contribution is -2.55. The number of rotatable bonds is 6. The van der Waals surface area contributed by atoms with Crippen molar-refractivity contribution in [3.05, 3.63) is 64.6 Å². The number of aliphatic hydroxyl groups excluding tert-OH is 3. The van der Waals surface area contributed by atoms with Crippen LogP contribution in [0.4, 0.5) is 13.2 Å². The molecule has 0 spiro atoms. The molecule has 0 bridgehead atoms. The minimum Gasteiger partial charge on any atom is -0.394 e. The number of hydrogen-bond acceptors (Lipinski definition) is 8. The van der Waals surface area contributed by atoms with E-state index in [1.807, 2.05) is 0 Å². The molecule has 3 unspecified atom stereocenters. The van der Waals surface area contributed by atoms with Crippen molar-refractivity contribution in [1.29, 1.82) is 0 Å². The molecule has 2 aromatic carbocycles. The van der Waals surface area contributed by atoms with Crippen molar-refractivity contribution in [1.82, 2.24) is 19.9 Å². The molecule has 1 aliphatic rings. The molecule has 0 aliphatic carbocycles. The first-order valence-corrected chi connectivity index (χ1v) is 12.1. The summed E-state index contributed by atoms with van der Waals surface area (Å²) in [5, 5.41) is 39.8. The van der Waals surface area contributed by atoms with Crippen LogP contribution in [0.15, 0.2) is 41.4 Å². The predicted molar refractivity (Wildman–Crippen MR) is 127 cm³/mol. The van der Waals surface area contributed by atoms with Crippen LogP contribution in [0.5, 0.6) is 0 Å². The number of amides is 1. The molecular formula is C23H22ClF3N4O5S. The molecule has 1 fully saturated rings. The van der Waals surface area contributed by atoms with Crippen LogP contribution in [0.3, 0.4) is 0 Å². The van der Waals surface area contributed by atoms with E-state index in [-0.39, 0.29) is 17.2 Å². The second-order valence-electron chi connectivity index (χ2n) is 8.49. The van der Waals surface area contributed by atoms with Gasteiger partial charge in [-0.3, -0.25) is 4.79 Å². The number of halogens is 4. The van der Waals surface area contributed by atoms with Gasteiger partial charge >= 0.3 is 0 Å². The van der Waals surface area contributed by atoms with Gasteiger partial charge in [-0.15, -0.1) is 5.10 Å². The third kappa shape index (κ3) is 5.47. The third-order valence-electron chi connectivity index (χ3n) is 5.77. The summed E-state index contributed by atoms with van der Waals surface area (Å²) in [7, 11) is 3.15. The lowest BCUT2D eigenvalue weighted by Gasteiger charge is -2.41. The summed E-state index contributed by atoms with van der Waals surface area (Å²) >= 11 is 7.09. The monoisotopic (exact) mass is 558 g/mol. The maximum absolute atomic E-state index is 13.7. The molecule has 4 rings (SSSR count). The van der Waals surface area contributed by atoms with E-state index < -0.39 is 53.8 Å². The fraction of sp³-hybridized carbons (Fsp3) is 0.348. The van der Waals surface area contributed by atoms with Gasteiger partial charge in [-0.1, -0.05) is 28.6 Å². The van der Waals surface area contributed by atoms with Crippen LogP contribution in [0.25, 0.3) is 11.3 Å². The first-order valence-electron chi connectivity index (χ1n) is 10.9. The minimum absolute atomic E-state index is 0.0536. The SMILES string of the molecule is CN(C)C(=O)c1ccc(Cl)cc1S[C@H]1OC(CO)[C@H](O)C(n2cc(-c3cc(F)c(F)c(F)c3)nn2)C1O. The maximum Gasteiger partial charge on any atom is 0.254 e. The number of carbonyl (C=O) groups excluding carboxylic acids is 1. The Morgan fingerprint density at radius 3 is 2.46 bits per heavy atom. The Bertz CT molecular complexity index is 1290. The fourth-order valence-electron chi connectivity index (χ4n) is 3.87. The summed E-state index contributed by atoms with van der Waals surface area (Å²) in [4.78, 5) is 14.4. The number of nitrogens with zero attached hydrogens (tertiary/aromatic N) is 4. The third-order valence-corrected chi connectivity index (χ3v) is 7.22. The Morgan fingerprint density at radius 2 is 1.84 bits per heavy atom. The van der Waals surface area contributed by atoms with Gasteiger partial charge in [0.25, 0.3) is 5.91 Å². The molecule has 5 atom stereocenters. The molecule has 0 saturated carbocycles. The van der Waals surface area contributed by atoms with Crippen molar-refractivity contribution >= 4 is 29.3 Å². The summed E-state index contributed by atoms with van der Waals surface area (Å²) in [5.74, 6) is -4.79. The zero-order chi connectivity index (χ0) is 27.0. The molecular weight excluding hydrogens is 537 g/mol. The van der Waals surface area contributed by atoms with E-state index in [2.05, 4.69) is 10.3 Å². The number of benzene rings is 2. The van der Waals surface area contributed by atoms with Gasteiger partial charge in [0.05, 0.1) is 18.4 Å². The number of hydrogen-bond donors (Lipinski definition) is 3. The van der Waals surface area contributed by atoms with Gasteiger partial charge in [-0.25, -0.2) is 17.9 Å². The molecule has 3 N–H and O–H groups in total. The topological polar surface area (TPSA) is 121 Å². The first kappa shape index (κ1) is 27.4. The Hall–Kier alpha value is -2.68. The highest BCUT2D eigenvalue weighted by molar-refractivity contribution is 8.00. The summed E-state index contributed by atoms with van der Waals surface area (Å²) < 4.78 is 47.6. The second-order valence-corrected chi connectivity index (χ2v) is 10.1. The molecule has 9 nitrogen and oxygen atoms in total. The standard InChI is InChI=1S/C23H22ClF3N4O5S/c1-30(2)22(35)12-4-3-11(24)7-17(12)37-23-21(34)19(20(33)16(9-32)36-23)31-8-15(28-29-31)10-5-13(25)18(27)14(26)6-10/h3-8,16,19-21,23,32-34H,9H2,1-2H3/t16?,19?,20-,21?,23+/m0/s1. The molecule has 0 radical (unpaired) electrons. The van der Waals surface area contributed by atoms with Crippen LogP contribution in [0.2, 0.25) is 5.02 Å². The molecule has 2 heterocycles. The largest absolute Gasteiger partial charge is 0.394 e. The zero-order valence-corrected chi connectivity index (χ0v) is 21.0. The van der Waals surface area contributed by atoms with E-state index >= 15 is 0 Å². The number of aromatic nitrogens is 3. The van der Waals surface area contributed by atoms with Gasteiger partial charge in [0, 0.05) is 29.6 Å². The van der Waals surface area contributed by atoms with Gasteiger partial charge in [-0.05, 0) is 30.3 Å². The van der Waals surface area contributed by atoms with Gasteiger partial charge in [-0.2, -0.15) is 0 Å². The van der Waals surface area contributed by atoms with Crippen LogP contribution in [-0.2, 0) is 4.74 Å². The quantitative estimate of drug-likeness (QED) is 0.395. The van der Waals surface area contributed by atoms with Crippen molar-refractivity contribution in [2.45, 2.75) is 34.7 Å². The highest BCUT2D eigenvalue weighted by Gasteiger charge is 2.46. The van der Waals surface area contributed by atoms with Gasteiger partial charge in [0.2, 0.25) is 0 Å². The average molecular weight is 559 g/mol. The van der Waals surface area contributed by atoms with E-state index in [0.717, 1.165) is 28.6 Å². The van der Waals surface area contributed by atoms with Crippen molar-refractivity contribution in [3.63, 3.8) is 0 Å². The van der Waals surface area contributed by atoms with Crippen LogP contribution in [-0.4, -0.2) is 85.6 Å². The molecule has 198 valence electrons. The molecule has 14 heteroatoms. The Balaban J connectivity index is 1.67. The molecule has 1 saturated heterocycles. The van der Waals surface area contributed by atoms with E-state index in [0.29, 0.717) is 15.5 Å². The van der Waals surface area contributed by atoms with Crippen molar-refractivity contribution < 1.29 is 38.0 Å². The van der Waals surface area contributed by atoms with Gasteiger partial charge in [0.15, 0.2) is 17.5 Å². The summed E-state index contributed by atoms with van der Waals surface area (Å²) in [6.45, 7) is -0.615. The van der Waals surface area contributed by atoms with Gasteiger partial charge < -0.3 is 25.0 Å². The number of ether oxygens (including phenoxy) is 1. The van der Waals surface area contributed by atoms with Crippen LogP contribution < -0.4 is 0 Å². The van der Waals surface area contributed by atoms with E-state index in [1.54, 1.807) is 20.2 Å². The number of aliphatic hydroxyl groups is 3. The first-order chi connectivity index (χ1) is 17.5. The normalized spacial score (nSPS) is 23.8. The van der Waals surface area contributed by atoms with Crippen LogP contribution in [0, 0.1) is 17.5 Å². The zero-order valence-electron chi connectivity index (χ0n) is 19.4. The molecule has 37 heavy (non-hydrogen) atoms. The lowest BCUT2D eigenvalue weighted by molar-refractivity contribution is -0.178. The summed E-state index contributed by atoms with van der Waals surface area (Å²) in [5.41, 5.74) is -0.982. The van der Waals surface area contributed by atoms with Crippen molar-refractivity contribution in [3.8, 4) is 11.3 Å². The van der Waals surface area contributed by atoms with Crippen LogP contribution >= 0.6 is 23.4 Å². The molecule has 1 aliphatic heterocycles. The maximum atomic E-state index is 13.7. The average Bonchev–Trinajstić information content (AvgIpc) is 3.33. The highest BCUT2D eigenvalue weighted by Crippen LogP contribution is 2.40. The lowest BCUT2D eigenvalue weighted by atomic mass is 9.97. The van der Waals surface area contributed by atoms with E-state index in [9.17, 15) is 33.3 Å². The predicted octanol–water partition coefficient (Wildman–Crippen LogP) is 2.49. The van der Waals surface area contributed by atoms with Crippen molar-refractivity contribution in [2.24, 2.45) is 0 Å². The molecule has 3 aromatic rings. The fourth-order valence-corrected chi connectivity index (χ4v) is 5.34. The van der Waals surface area contributed by atoms with Crippen molar-refractivity contribution in [2.75, 3.05) is 20.7 Å².